The second kappa shape index (κ2) is 6.78. The fraction of sp³-hybridized carbons (Fsp3) is 0.111. The van der Waals surface area contributed by atoms with E-state index in [1.807, 2.05) is 0 Å². The third-order valence-corrected chi connectivity index (χ3v) is 4.50. The number of nitrogens with zero attached hydrogens (tertiary/aromatic N) is 2. The van der Waals surface area contributed by atoms with Crippen molar-refractivity contribution in [1.82, 2.24) is 0 Å². The predicted molar refractivity (Wildman–Crippen MR) is 99.7 cm³/mol. The molecule has 1 amide bonds. The molecule has 0 aromatic heterocycles. The van der Waals surface area contributed by atoms with Crippen molar-refractivity contribution in [2.24, 2.45) is 5.10 Å². The number of hydrogen-bond acceptors (Lipinski definition) is 4. The minimum Gasteiger partial charge on any atom is -0.504 e. The summed E-state index contributed by atoms with van der Waals surface area (Å²) in [4.78, 5) is 12.7. The Bertz CT molecular complexity index is 923. The maximum Gasteiger partial charge on any atom is 0.280 e. The van der Waals surface area contributed by atoms with E-state index < -0.39 is 0 Å². The number of phenols is 1. The second-order valence-electron chi connectivity index (χ2n) is 5.36. The number of hydrogen-bond donors (Lipinski definition) is 1. The third kappa shape index (κ3) is 3.21. The van der Waals surface area contributed by atoms with Gasteiger partial charge < -0.3 is 9.84 Å². The van der Waals surface area contributed by atoms with Crippen molar-refractivity contribution in [3.63, 3.8) is 0 Å². The van der Waals surface area contributed by atoms with Crippen molar-refractivity contribution < 1.29 is 14.6 Å². The van der Waals surface area contributed by atoms with Gasteiger partial charge in [-0.3, -0.25) is 4.79 Å². The normalized spacial score (nSPS) is 15.7. The Morgan fingerprint density at radius 1 is 1.20 bits per heavy atom. The zero-order valence-corrected chi connectivity index (χ0v) is 15.0. The van der Waals surface area contributed by atoms with Crippen LogP contribution in [0.15, 0.2) is 47.1 Å². The highest BCUT2D eigenvalue weighted by Crippen LogP contribution is 2.34. The monoisotopic (exact) mass is 376 g/mol. The number of halogens is 2. The molecular formula is C18H14Cl2N2O3. The molecule has 7 heteroatoms. The number of methoxy groups -OCH3 is 1. The van der Waals surface area contributed by atoms with Crippen molar-refractivity contribution in [1.29, 1.82) is 0 Å². The van der Waals surface area contributed by atoms with Crippen molar-refractivity contribution in [2.45, 2.75) is 6.92 Å². The van der Waals surface area contributed by atoms with Crippen molar-refractivity contribution in [3.8, 4) is 11.5 Å². The Labute approximate surface area is 154 Å². The highest BCUT2D eigenvalue weighted by molar-refractivity contribution is 6.42. The summed E-state index contributed by atoms with van der Waals surface area (Å²) in [7, 11) is 1.46. The van der Waals surface area contributed by atoms with Crippen LogP contribution in [0.3, 0.4) is 0 Å². The fourth-order valence-electron chi connectivity index (χ4n) is 2.45. The van der Waals surface area contributed by atoms with Gasteiger partial charge in [0.15, 0.2) is 11.5 Å². The number of aromatic hydroxyl groups is 1. The topological polar surface area (TPSA) is 62.1 Å². The molecule has 0 saturated heterocycles. The molecule has 25 heavy (non-hydrogen) atoms. The first kappa shape index (κ1) is 17.3. The van der Waals surface area contributed by atoms with Gasteiger partial charge in [-0.05, 0) is 37.3 Å². The predicted octanol–water partition coefficient (Wildman–Crippen LogP) is 4.51. The molecule has 5 nitrogen and oxygen atoms in total. The van der Waals surface area contributed by atoms with E-state index in [1.54, 1.807) is 49.4 Å². The third-order valence-electron chi connectivity index (χ3n) is 3.76. The van der Waals surface area contributed by atoms with Gasteiger partial charge in [0.1, 0.15) is 0 Å². The van der Waals surface area contributed by atoms with E-state index >= 15 is 0 Å². The first-order valence-electron chi connectivity index (χ1n) is 7.35. The lowest BCUT2D eigenvalue weighted by Crippen LogP contribution is -2.21. The molecule has 1 aliphatic heterocycles. The molecule has 2 aromatic carbocycles. The number of para-hydroxylation sites is 1. The quantitative estimate of drug-likeness (QED) is 0.801. The van der Waals surface area contributed by atoms with Gasteiger partial charge in [0.2, 0.25) is 0 Å². The molecule has 1 N–H and O–H groups in total. The molecule has 0 fully saturated rings. The summed E-state index contributed by atoms with van der Waals surface area (Å²) in [6.45, 7) is 1.72. The van der Waals surface area contributed by atoms with Crippen molar-refractivity contribution in [2.75, 3.05) is 12.1 Å². The number of anilines is 1. The van der Waals surface area contributed by atoms with Gasteiger partial charge in [0, 0.05) is 5.56 Å². The molecule has 0 saturated carbocycles. The van der Waals surface area contributed by atoms with E-state index in [2.05, 4.69) is 5.10 Å². The van der Waals surface area contributed by atoms with Crippen LogP contribution in [-0.2, 0) is 4.79 Å². The molecule has 1 aliphatic rings. The number of hydrazone groups is 1. The Kier molecular flexibility index (Phi) is 4.70. The number of carbonyl (C=O) groups excluding carboxylic acids is 1. The minimum atomic E-state index is -0.321. The molecule has 0 radical (unpaired) electrons. The summed E-state index contributed by atoms with van der Waals surface area (Å²) < 4.78 is 5.09. The van der Waals surface area contributed by atoms with Crippen LogP contribution in [0.1, 0.15) is 12.5 Å². The highest BCUT2D eigenvalue weighted by atomic mass is 35.5. The van der Waals surface area contributed by atoms with Crippen LogP contribution in [0.2, 0.25) is 10.0 Å². The molecule has 0 aliphatic carbocycles. The van der Waals surface area contributed by atoms with Crippen LogP contribution in [0.25, 0.3) is 6.08 Å². The molecule has 2 aromatic rings. The maximum atomic E-state index is 12.7. The van der Waals surface area contributed by atoms with Crippen LogP contribution in [-0.4, -0.2) is 23.8 Å². The van der Waals surface area contributed by atoms with Crippen molar-refractivity contribution >= 4 is 46.6 Å². The molecule has 3 rings (SSSR count). The van der Waals surface area contributed by atoms with E-state index in [9.17, 15) is 9.90 Å². The second-order valence-corrected chi connectivity index (χ2v) is 6.17. The molecule has 0 spiro atoms. The lowest BCUT2D eigenvalue weighted by atomic mass is 10.1. The first-order chi connectivity index (χ1) is 11.9. The van der Waals surface area contributed by atoms with Gasteiger partial charge in [0.05, 0.1) is 34.1 Å². The number of carbonyl (C=O) groups is 1. The minimum absolute atomic E-state index is 0.0360. The van der Waals surface area contributed by atoms with Gasteiger partial charge >= 0.3 is 0 Å². The smallest absolute Gasteiger partial charge is 0.280 e. The summed E-state index contributed by atoms with van der Waals surface area (Å²) in [5.74, 6) is -0.0278. The van der Waals surface area contributed by atoms with Crippen molar-refractivity contribution in [3.05, 3.63) is 57.6 Å². The summed E-state index contributed by atoms with van der Waals surface area (Å²) in [6.07, 6.45) is 1.58. The van der Waals surface area contributed by atoms with E-state index in [0.29, 0.717) is 38.3 Å². The molecular weight excluding hydrogens is 363 g/mol. The Morgan fingerprint density at radius 3 is 2.64 bits per heavy atom. The van der Waals surface area contributed by atoms with E-state index in [4.69, 9.17) is 27.9 Å². The average Bonchev–Trinajstić information content (AvgIpc) is 2.87. The number of benzene rings is 2. The first-order valence-corrected chi connectivity index (χ1v) is 8.10. The number of ether oxygens (including phenoxy) is 1. The zero-order chi connectivity index (χ0) is 18.1. The number of amides is 1. The van der Waals surface area contributed by atoms with E-state index in [0.717, 1.165) is 0 Å². The zero-order valence-electron chi connectivity index (χ0n) is 13.5. The van der Waals surface area contributed by atoms with Gasteiger partial charge in [-0.15, -0.1) is 0 Å². The number of rotatable bonds is 3. The van der Waals surface area contributed by atoms with Crippen LogP contribution >= 0.6 is 23.2 Å². The highest BCUT2D eigenvalue weighted by Gasteiger charge is 2.29. The summed E-state index contributed by atoms with van der Waals surface area (Å²) in [5, 5.41) is 16.5. The van der Waals surface area contributed by atoms with Crippen LogP contribution in [0.4, 0.5) is 5.69 Å². The number of phenolic OH excluding ortho intramolecular Hbond substituents is 1. The molecule has 128 valence electrons. The van der Waals surface area contributed by atoms with Gasteiger partial charge in [-0.2, -0.15) is 10.1 Å². The maximum absolute atomic E-state index is 12.7. The summed E-state index contributed by atoms with van der Waals surface area (Å²) >= 11 is 11.9. The lowest BCUT2D eigenvalue weighted by molar-refractivity contribution is -0.114. The van der Waals surface area contributed by atoms with Crippen LogP contribution in [0.5, 0.6) is 11.5 Å². The SMILES string of the molecule is COc1cccc(C=C2C(=O)N(c3ccc(Cl)c(Cl)c3)N=C2C)c1O. The van der Waals surface area contributed by atoms with Gasteiger partial charge in [0.25, 0.3) is 5.91 Å². The van der Waals surface area contributed by atoms with Gasteiger partial charge in [-0.25, -0.2) is 0 Å². The lowest BCUT2D eigenvalue weighted by Gasteiger charge is -2.12. The Balaban J connectivity index is 1.99. The van der Waals surface area contributed by atoms with E-state index in [1.165, 1.54) is 12.1 Å². The Hall–Kier alpha value is -2.50. The molecule has 1 heterocycles. The molecule has 0 atom stereocenters. The molecule has 0 unspecified atom stereocenters. The molecule has 0 bridgehead atoms. The van der Waals surface area contributed by atoms with E-state index in [-0.39, 0.29) is 11.7 Å². The van der Waals surface area contributed by atoms with Gasteiger partial charge in [-0.1, -0.05) is 35.3 Å². The average molecular weight is 377 g/mol. The van der Waals surface area contributed by atoms with Crippen LogP contribution < -0.4 is 9.75 Å². The van der Waals surface area contributed by atoms with Crippen LogP contribution in [0, 0.1) is 0 Å². The summed E-state index contributed by atoms with van der Waals surface area (Å²) in [5.41, 5.74) is 1.87. The summed E-state index contributed by atoms with van der Waals surface area (Å²) in [6, 6.07) is 9.89. The fourth-order valence-corrected chi connectivity index (χ4v) is 2.74. The standard InChI is InChI=1S/C18H14Cl2N2O3/c1-10-13(8-11-4-3-5-16(25-2)17(11)23)18(24)22(21-10)12-6-7-14(19)15(20)9-12/h3-9,23H,1-2H3. The Morgan fingerprint density at radius 2 is 1.96 bits per heavy atom. The largest absolute Gasteiger partial charge is 0.504 e.